The van der Waals surface area contributed by atoms with Gasteiger partial charge in [-0.3, -0.25) is 9.59 Å². The SMILES string of the molecule is COC(=O)[C@]1(C#N)[C@@H]2C=Cc3ccccc3N2[C@@H](C(=O)Nc2ccccc2)[C@@H]1c1ccc(Br)cc1. The normalized spacial score (nSPS) is 24.1. The van der Waals surface area contributed by atoms with Crippen molar-refractivity contribution >= 4 is 45.3 Å². The molecule has 0 spiro atoms. The number of methoxy groups -OCH3 is 1. The lowest BCUT2D eigenvalue weighted by molar-refractivity contribution is -0.150. The van der Waals surface area contributed by atoms with Crippen molar-refractivity contribution in [2.45, 2.75) is 18.0 Å². The van der Waals surface area contributed by atoms with E-state index in [0.29, 0.717) is 11.3 Å². The van der Waals surface area contributed by atoms with Crippen LogP contribution < -0.4 is 10.2 Å². The van der Waals surface area contributed by atoms with Crippen LogP contribution in [0.5, 0.6) is 0 Å². The quantitative estimate of drug-likeness (QED) is 0.475. The number of carbonyl (C=O) groups is 2. The number of hydrogen-bond acceptors (Lipinski definition) is 5. The first-order chi connectivity index (χ1) is 17.0. The summed E-state index contributed by atoms with van der Waals surface area (Å²) >= 11 is 3.46. The molecule has 2 heterocycles. The Hall–Kier alpha value is -3.89. The number of amides is 1. The molecule has 0 radical (unpaired) electrons. The van der Waals surface area contributed by atoms with E-state index in [1.165, 1.54) is 7.11 Å². The monoisotopic (exact) mass is 527 g/mol. The van der Waals surface area contributed by atoms with Crippen LogP contribution in [0.4, 0.5) is 11.4 Å². The average Bonchev–Trinajstić information content (AvgIpc) is 3.21. The maximum Gasteiger partial charge on any atom is 0.329 e. The minimum Gasteiger partial charge on any atom is -0.468 e. The highest BCUT2D eigenvalue weighted by Gasteiger charge is 2.67. The highest BCUT2D eigenvalue weighted by Crippen LogP contribution is 2.56. The van der Waals surface area contributed by atoms with Crippen LogP contribution in [0.15, 0.2) is 89.4 Å². The minimum atomic E-state index is -1.65. The molecule has 4 atom stereocenters. The molecule has 2 aliphatic rings. The largest absolute Gasteiger partial charge is 0.468 e. The number of anilines is 2. The lowest BCUT2D eigenvalue weighted by Crippen LogP contribution is -2.47. The van der Waals surface area contributed by atoms with Crippen molar-refractivity contribution in [3.8, 4) is 6.07 Å². The van der Waals surface area contributed by atoms with Gasteiger partial charge in [0.25, 0.3) is 0 Å². The lowest BCUT2D eigenvalue weighted by Gasteiger charge is -2.36. The average molecular weight is 528 g/mol. The van der Waals surface area contributed by atoms with Crippen molar-refractivity contribution in [2.24, 2.45) is 5.41 Å². The van der Waals surface area contributed by atoms with Gasteiger partial charge >= 0.3 is 5.97 Å². The van der Waals surface area contributed by atoms with Crippen molar-refractivity contribution in [3.05, 3.63) is 101 Å². The molecule has 1 N–H and O–H groups in total. The van der Waals surface area contributed by atoms with Crippen LogP contribution >= 0.6 is 15.9 Å². The van der Waals surface area contributed by atoms with E-state index in [1.807, 2.05) is 83.8 Å². The standard InChI is InChI=1S/C28H22BrN3O3/c1-35-27(34)28(17-30)23-16-13-18-7-5-6-10-22(18)32(23)25(24(28)19-11-14-20(29)15-12-19)26(33)31-21-8-3-2-4-9-21/h2-16,23-25H,1H3,(H,31,33)/t23-,24-,25+,28+/m0/s1. The summed E-state index contributed by atoms with van der Waals surface area (Å²) in [4.78, 5) is 29.4. The summed E-state index contributed by atoms with van der Waals surface area (Å²) in [6, 6.07) is 25.0. The number of esters is 1. The topological polar surface area (TPSA) is 82.4 Å². The van der Waals surface area contributed by atoms with Gasteiger partial charge in [-0.2, -0.15) is 5.26 Å². The number of carbonyl (C=O) groups excluding carboxylic acids is 2. The zero-order chi connectivity index (χ0) is 24.6. The third-order valence-corrected chi connectivity index (χ3v) is 7.32. The Balaban J connectivity index is 1.75. The predicted octanol–water partition coefficient (Wildman–Crippen LogP) is 5.14. The molecule has 174 valence electrons. The van der Waals surface area contributed by atoms with Crippen LogP contribution in [0.2, 0.25) is 0 Å². The van der Waals surface area contributed by atoms with Gasteiger partial charge in [0.2, 0.25) is 5.91 Å². The van der Waals surface area contributed by atoms with E-state index >= 15 is 0 Å². The number of fused-ring (bicyclic) bond motifs is 3. The Morgan fingerprint density at radius 1 is 1.03 bits per heavy atom. The molecule has 3 aromatic rings. The fourth-order valence-electron chi connectivity index (χ4n) is 5.32. The molecule has 0 bridgehead atoms. The summed E-state index contributed by atoms with van der Waals surface area (Å²) in [5, 5.41) is 13.6. The van der Waals surface area contributed by atoms with Crippen molar-refractivity contribution in [1.29, 1.82) is 5.26 Å². The lowest BCUT2D eigenvalue weighted by atomic mass is 9.68. The van der Waals surface area contributed by atoms with Crippen LogP contribution in [-0.4, -0.2) is 31.1 Å². The Kier molecular flexibility index (Phi) is 5.91. The second kappa shape index (κ2) is 9.05. The number of hydrogen-bond donors (Lipinski definition) is 1. The number of nitriles is 1. The molecule has 1 amide bonds. The molecule has 3 aromatic carbocycles. The number of nitrogens with zero attached hydrogens (tertiary/aromatic N) is 2. The molecule has 6 nitrogen and oxygen atoms in total. The zero-order valence-corrected chi connectivity index (χ0v) is 20.5. The summed E-state index contributed by atoms with van der Waals surface area (Å²) in [5.41, 5.74) is 1.39. The second-order valence-electron chi connectivity index (χ2n) is 8.57. The number of rotatable bonds is 4. The fourth-order valence-corrected chi connectivity index (χ4v) is 5.58. The first kappa shape index (κ1) is 22.9. The second-order valence-corrected chi connectivity index (χ2v) is 9.49. The van der Waals surface area contributed by atoms with Crippen LogP contribution in [0.25, 0.3) is 6.08 Å². The summed E-state index contributed by atoms with van der Waals surface area (Å²) < 4.78 is 6.08. The molecular weight excluding hydrogens is 506 g/mol. The maximum atomic E-state index is 14.0. The predicted molar refractivity (Wildman–Crippen MR) is 138 cm³/mol. The summed E-state index contributed by atoms with van der Waals surface area (Å²) in [6.45, 7) is 0. The highest BCUT2D eigenvalue weighted by atomic mass is 79.9. The maximum absolute atomic E-state index is 14.0. The Labute approximate surface area is 212 Å². The number of para-hydroxylation sites is 2. The Morgan fingerprint density at radius 3 is 2.40 bits per heavy atom. The van der Waals surface area contributed by atoms with E-state index in [1.54, 1.807) is 12.1 Å². The van der Waals surface area contributed by atoms with Crippen molar-refractivity contribution in [1.82, 2.24) is 0 Å². The first-order valence-corrected chi connectivity index (χ1v) is 12.0. The van der Waals surface area contributed by atoms with Gasteiger partial charge in [-0.1, -0.05) is 76.6 Å². The van der Waals surface area contributed by atoms with Gasteiger partial charge in [0, 0.05) is 21.8 Å². The van der Waals surface area contributed by atoms with Gasteiger partial charge in [0.05, 0.1) is 19.2 Å². The van der Waals surface area contributed by atoms with Crippen LogP contribution in [0, 0.1) is 16.7 Å². The number of benzene rings is 3. The van der Waals surface area contributed by atoms with Gasteiger partial charge in [0.15, 0.2) is 5.41 Å². The van der Waals surface area contributed by atoms with Gasteiger partial charge in [0.1, 0.15) is 6.04 Å². The van der Waals surface area contributed by atoms with Crippen molar-refractivity contribution in [3.63, 3.8) is 0 Å². The molecule has 5 rings (SSSR count). The van der Waals surface area contributed by atoms with E-state index in [4.69, 9.17) is 4.74 Å². The van der Waals surface area contributed by atoms with Gasteiger partial charge < -0.3 is 15.0 Å². The van der Waals surface area contributed by atoms with Gasteiger partial charge in [-0.15, -0.1) is 0 Å². The van der Waals surface area contributed by atoms with E-state index in [2.05, 4.69) is 27.3 Å². The fraction of sp³-hybridized carbons (Fsp3) is 0.179. The molecule has 0 saturated carbocycles. The molecule has 0 unspecified atom stereocenters. The van der Waals surface area contributed by atoms with Gasteiger partial charge in [-0.25, -0.2) is 0 Å². The first-order valence-electron chi connectivity index (χ1n) is 11.2. The summed E-state index contributed by atoms with van der Waals surface area (Å²) in [6.07, 6.45) is 3.74. The van der Waals surface area contributed by atoms with Crippen molar-refractivity contribution < 1.29 is 14.3 Å². The number of halogens is 1. The molecule has 35 heavy (non-hydrogen) atoms. The number of nitrogens with one attached hydrogen (secondary N) is 1. The van der Waals surface area contributed by atoms with E-state index < -0.39 is 29.4 Å². The molecule has 7 heteroatoms. The van der Waals surface area contributed by atoms with Crippen molar-refractivity contribution in [2.75, 3.05) is 17.3 Å². The van der Waals surface area contributed by atoms with E-state index in [-0.39, 0.29) is 5.91 Å². The third-order valence-electron chi connectivity index (χ3n) is 6.79. The van der Waals surface area contributed by atoms with Crippen LogP contribution in [0.3, 0.4) is 0 Å². The smallest absolute Gasteiger partial charge is 0.329 e. The van der Waals surface area contributed by atoms with Gasteiger partial charge in [-0.05, 0) is 41.5 Å². The molecule has 1 fully saturated rings. The van der Waals surface area contributed by atoms with Crippen LogP contribution in [0.1, 0.15) is 17.0 Å². The summed E-state index contributed by atoms with van der Waals surface area (Å²) in [7, 11) is 1.28. The third kappa shape index (κ3) is 3.62. The Morgan fingerprint density at radius 2 is 1.71 bits per heavy atom. The molecule has 1 saturated heterocycles. The molecule has 0 aromatic heterocycles. The zero-order valence-electron chi connectivity index (χ0n) is 18.9. The number of ether oxygens (including phenoxy) is 1. The summed E-state index contributed by atoms with van der Waals surface area (Å²) in [5.74, 6) is -1.76. The van der Waals surface area contributed by atoms with E-state index in [9.17, 15) is 14.9 Å². The Bertz CT molecular complexity index is 1350. The molecule has 0 aliphatic carbocycles. The minimum absolute atomic E-state index is 0.305. The highest BCUT2D eigenvalue weighted by molar-refractivity contribution is 9.10. The molecule has 2 aliphatic heterocycles. The van der Waals surface area contributed by atoms with E-state index in [0.717, 1.165) is 15.7 Å². The molecular formula is C28H22BrN3O3. The van der Waals surface area contributed by atoms with Crippen LogP contribution in [-0.2, 0) is 14.3 Å².